The fourth-order valence-electron chi connectivity index (χ4n) is 3.92. The van der Waals surface area contributed by atoms with Gasteiger partial charge in [-0.3, -0.25) is 9.59 Å². The molecule has 0 spiro atoms. The van der Waals surface area contributed by atoms with Crippen LogP contribution in [0.1, 0.15) is 69.8 Å². The van der Waals surface area contributed by atoms with Crippen LogP contribution in [0, 0.1) is 11.8 Å². The fourth-order valence-corrected chi connectivity index (χ4v) is 3.92. The highest BCUT2D eigenvalue weighted by molar-refractivity contribution is 5.98. The van der Waals surface area contributed by atoms with Crippen molar-refractivity contribution in [2.75, 3.05) is 5.73 Å². The molecular weight excluding hydrogens is 302 g/mol. The van der Waals surface area contributed by atoms with Crippen molar-refractivity contribution in [1.29, 1.82) is 0 Å². The Kier molecular flexibility index (Phi) is 6.83. The summed E-state index contributed by atoms with van der Waals surface area (Å²) < 4.78 is 0. The summed E-state index contributed by atoms with van der Waals surface area (Å²) in [5, 5.41) is 9.57. The van der Waals surface area contributed by atoms with E-state index < -0.39 is 11.9 Å². The molecule has 0 radical (unpaired) electrons. The van der Waals surface area contributed by atoms with Gasteiger partial charge in [0.2, 0.25) is 0 Å². The highest BCUT2D eigenvalue weighted by Crippen LogP contribution is 2.40. The van der Waals surface area contributed by atoms with Crippen LogP contribution in [0.3, 0.4) is 0 Å². The first-order chi connectivity index (χ1) is 11.5. The molecule has 132 valence electrons. The van der Waals surface area contributed by atoms with Crippen LogP contribution in [0.2, 0.25) is 0 Å². The summed E-state index contributed by atoms with van der Waals surface area (Å²) in [5.74, 6) is -1.44. The van der Waals surface area contributed by atoms with E-state index in [4.69, 9.17) is 5.73 Å². The highest BCUT2D eigenvalue weighted by Gasteiger charge is 2.33. The Bertz CT molecular complexity index is 547. The number of anilines is 1. The van der Waals surface area contributed by atoms with Crippen molar-refractivity contribution in [3.8, 4) is 0 Å². The lowest BCUT2D eigenvalue weighted by molar-refractivity contribution is -0.147. The number of nitrogen functional groups attached to an aromatic ring is 1. The van der Waals surface area contributed by atoms with Crippen LogP contribution in [0.25, 0.3) is 0 Å². The maximum absolute atomic E-state index is 12.3. The van der Waals surface area contributed by atoms with Gasteiger partial charge >= 0.3 is 5.97 Å². The van der Waals surface area contributed by atoms with Crippen LogP contribution in [0.15, 0.2) is 24.3 Å². The zero-order valence-corrected chi connectivity index (χ0v) is 14.5. The summed E-state index contributed by atoms with van der Waals surface area (Å²) in [6.07, 6.45) is 7.31. The zero-order valence-electron chi connectivity index (χ0n) is 14.5. The molecule has 1 saturated carbocycles. The van der Waals surface area contributed by atoms with E-state index in [1.807, 2.05) is 31.2 Å². The predicted octanol–water partition coefficient (Wildman–Crippen LogP) is 4.39. The molecule has 4 nitrogen and oxygen atoms in total. The maximum Gasteiger partial charge on any atom is 0.314 e. The molecule has 1 aliphatic carbocycles. The quantitative estimate of drug-likeness (QED) is 0.547. The lowest BCUT2D eigenvalue weighted by Gasteiger charge is -2.32. The van der Waals surface area contributed by atoms with Gasteiger partial charge in [-0.1, -0.05) is 38.3 Å². The van der Waals surface area contributed by atoms with E-state index in [0.29, 0.717) is 30.9 Å². The van der Waals surface area contributed by atoms with E-state index in [0.717, 1.165) is 18.4 Å². The second-order valence-electron chi connectivity index (χ2n) is 7.01. The van der Waals surface area contributed by atoms with Gasteiger partial charge in [-0.15, -0.1) is 0 Å². The van der Waals surface area contributed by atoms with Crippen LogP contribution in [0.5, 0.6) is 0 Å². The number of hydrogen-bond acceptors (Lipinski definition) is 3. The number of carbonyl (C=O) groups is 2. The Morgan fingerprint density at radius 2 is 1.79 bits per heavy atom. The van der Waals surface area contributed by atoms with Gasteiger partial charge < -0.3 is 10.8 Å². The normalized spacial score (nSPS) is 18.0. The molecule has 24 heavy (non-hydrogen) atoms. The molecule has 0 aromatic heterocycles. The first-order valence-corrected chi connectivity index (χ1v) is 9.13. The molecule has 2 rings (SSSR count). The molecule has 0 aliphatic heterocycles. The summed E-state index contributed by atoms with van der Waals surface area (Å²) in [7, 11) is 0. The van der Waals surface area contributed by atoms with Gasteiger partial charge in [0.05, 0.1) is 0 Å². The predicted molar refractivity (Wildman–Crippen MR) is 95.8 cm³/mol. The first-order valence-electron chi connectivity index (χ1n) is 9.13. The minimum atomic E-state index is -0.982. The van der Waals surface area contributed by atoms with Gasteiger partial charge in [0.25, 0.3) is 0 Å². The summed E-state index contributed by atoms with van der Waals surface area (Å²) in [6, 6.07) is 7.74. The van der Waals surface area contributed by atoms with Gasteiger partial charge in [-0.05, 0) is 55.2 Å². The SMILES string of the molecule is CCCC(=O)C(CC(c1ccc(N)cc1)C1CCCCC1)C(=O)O. The van der Waals surface area contributed by atoms with Gasteiger partial charge in [0.15, 0.2) is 0 Å². The number of ketones is 1. The minimum absolute atomic E-state index is 0.118. The van der Waals surface area contributed by atoms with Gasteiger partial charge in [0, 0.05) is 12.1 Å². The van der Waals surface area contributed by atoms with Crippen LogP contribution in [-0.2, 0) is 9.59 Å². The molecule has 2 atom stereocenters. The number of hydrogen-bond donors (Lipinski definition) is 2. The average molecular weight is 331 g/mol. The first kappa shape index (κ1) is 18.5. The Hall–Kier alpha value is -1.84. The monoisotopic (exact) mass is 331 g/mol. The Balaban J connectivity index is 2.24. The fraction of sp³-hybridized carbons (Fsp3) is 0.600. The van der Waals surface area contributed by atoms with Crippen molar-refractivity contribution in [3.63, 3.8) is 0 Å². The van der Waals surface area contributed by atoms with Crippen molar-refractivity contribution >= 4 is 17.4 Å². The number of benzene rings is 1. The topological polar surface area (TPSA) is 80.4 Å². The standard InChI is InChI=1S/C20H29NO3/c1-2-6-19(22)18(20(23)24)13-17(14-7-4-3-5-8-14)15-9-11-16(21)12-10-15/h9-12,14,17-18H,2-8,13,21H2,1H3,(H,23,24). The molecular formula is C20H29NO3. The zero-order chi connectivity index (χ0) is 17.5. The minimum Gasteiger partial charge on any atom is -0.481 e. The van der Waals surface area contributed by atoms with E-state index in [1.54, 1.807) is 0 Å². The molecule has 3 N–H and O–H groups in total. The van der Waals surface area contributed by atoms with Crippen LogP contribution >= 0.6 is 0 Å². The molecule has 0 heterocycles. The Labute approximate surface area is 144 Å². The van der Waals surface area contributed by atoms with E-state index in [9.17, 15) is 14.7 Å². The number of aliphatic carboxylic acids is 1. The van der Waals surface area contributed by atoms with Gasteiger partial charge in [-0.2, -0.15) is 0 Å². The summed E-state index contributed by atoms with van der Waals surface area (Å²) in [4.78, 5) is 24.0. The summed E-state index contributed by atoms with van der Waals surface area (Å²) in [6.45, 7) is 1.91. The second kappa shape index (κ2) is 8.86. The van der Waals surface area contributed by atoms with E-state index in [2.05, 4.69) is 0 Å². The second-order valence-corrected chi connectivity index (χ2v) is 7.01. The number of carbonyl (C=O) groups excluding carboxylic acids is 1. The molecule has 2 unspecified atom stereocenters. The van der Waals surface area contributed by atoms with Crippen molar-refractivity contribution in [1.82, 2.24) is 0 Å². The van der Waals surface area contributed by atoms with Gasteiger partial charge in [0.1, 0.15) is 11.7 Å². The molecule has 1 aromatic rings. The number of Topliss-reactive ketones (excluding diaryl/α,β-unsaturated/α-hetero) is 1. The van der Waals surface area contributed by atoms with Crippen molar-refractivity contribution < 1.29 is 14.7 Å². The van der Waals surface area contributed by atoms with Crippen molar-refractivity contribution in [3.05, 3.63) is 29.8 Å². The molecule has 1 aliphatic rings. The number of carboxylic acid groups (broad SMARTS) is 1. The third-order valence-electron chi connectivity index (χ3n) is 5.26. The Morgan fingerprint density at radius 3 is 2.33 bits per heavy atom. The molecule has 4 heteroatoms. The third kappa shape index (κ3) is 4.83. The Morgan fingerprint density at radius 1 is 1.17 bits per heavy atom. The van der Waals surface area contributed by atoms with Crippen LogP contribution in [-0.4, -0.2) is 16.9 Å². The number of carboxylic acids is 1. The van der Waals surface area contributed by atoms with Crippen molar-refractivity contribution in [2.45, 2.75) is 64.2 Å². The molecule has 0 saturated heterocycles. The third-order valence-corrected chi connectivity index (χ3v) is 5.26. The summed E-state index contributed by atoms with van der Waals surface area (Å²) in [5.41, 5.74) is 7.62. The average Bonchev–Trinajstić information content (AvgIpc) is 2.57. The van der Waals surface area contributed by atoms with E-state index in [-0.39, 0.29) is 11.7 Å². The molecule has 1 aromatic carbocycles. The maximum atomic E-state index is 12.3. The van der Waals surface area contributed by atoms with Crippen LogP contribution in [0.4, 0.5) is 5.69 Å². The smallest absolute Gasteiger partial charge is 0.314 e. The van der Waals surface area contributed by atoms with E-state index in [1.165, 1.54) is 19.3 Å². The largest absolute Gasteiger partial charge is 0.481 e. The highest BCUT2D eigenvalue weighted by atomic mass is 16.4. The van der Waals surface area contributed by atoms with Crippen molar-refractivity contribution in [2.24, 2.45) is 11.8 Å². The number of rotatable bonds is 8. The lowest BCUT2D eigenvalue weighted by atomic mass is 9.72. The number of nitrogens with two attached hydrogens (primary N) is 1. The summed E-state index contributed by atoms with van der Waals surface area (Å²) >= 11 is 0. The lowest BCUT2D eigenvalue weighted by Crippen LogP contribution is -2.28. The molecule has 0 bridgehead atoms. The van der Waals surface area contributed by atoms with E-state index >= 15 is 0 Å². The van der Waals surface area contributed by atoms with Crippen LogP contribution < -0.4 is 5.73 Å². The molecule has 1 fully saturated rings. The van der Waals surface area contributed by atoms with Gasteiger partial charge in [-0.25, -0.2) is 0 Å². The molecule has 0 amide bonds.